The van der Waals surface area contributed by atoms with Gasteiger partial charge in [-0.15, -0.1) is 0 Å². The van der Waals surface area contributed by atoms with Gasteiger partial charge in [-0.1, -0.05) is 13.8 Å². The van der Waals surface area contributed by atoms with Gasteiger partial charge in [0.1, 0.15) is 0 Å². The monoisotopic (exact) mass is 197 g/mol. The van der Waals surface area contributed by atoms with Gasteiger partial charge in [0.2, 0.25) is 0 Å². The molecule has 0 radical (unpaired) electrons. The molecule has 3 N–H and O–H groups in total. The van der Waals surface area contributed by atoms with Crippen LogP contribution in [0, 0.1) is 5.92 Å². The van der Waals surface area contributed by atoms with Crippen molar-refractivity contribution in [2.24, 2.45) is 18.7 Å². The summed E-state index contributed by atoms with van der Waals surface area (Å²) >= 11 is 0. The summed E-state index contributed by atoms with van der Waals surface area (Å²) in [7, 11) is 1.86. The minimum atomic E-state index is -0.816. The maximum Gasteiger partial charge on any atom is 0.0833 e. The zero-order valence-electron chi connectivity index (χ0n) is 9.07. The molecule has 0 spiro atoms. The number of rotatable bonds is 4. The third kappa shape index (κ3) is 2.33. The lowest BCUT2D eigenvalue weighted by atomic mass is 9.85. The lowest BCUT2D eigenvalue weighted by molar-refractivity contribution is 0.00406. The van der Waals surface area contributed by atoms with Crippen LogP contribution in [0.25, 0.3) is 0 Å². The van der Waals surface area contributed by atoms with Crippen molar-refractivity contribution in [1.82, 2.24) is 9.78 Å². The van der Waals surface area contributed by atoms with Gasteiger partial charge in [0.15, 0.2) is 0 Å². The van der Waals surface area contributed by atoms with E-state index in [1.54, 1.807) is 10.9 Å². The van der Waals surface area contributed by atoms with Gasteiger partial charge in [0, 0.05) is 26.2 Å². The maximum absolute atomic E-state index is 10.2. The highest BCUT2D eigenvalue weighted by atomic mass is 16.3. The highest BCUT2D eigenvalue weighted by Gasteiger charge is 2.29. The molecule has 0 saturated heterocycles. The topological polar surface area (TPSA) is 64.1 Å². The standard InChI is InChI=1S/C10H19N3O/c1-8(2)10(14,7-11)4-9-5-12-13(3)6-9/h5-6,8,14H,4,7,11H2,1-3H3. The molecule has 0 bridgehead atoms. The lowest BCUT2D eigenvalue weighted by Gasteiger charge is -2.30. The first kappa shape index (κ1) is 11.2. The van der Waals surface area contributed by atoms with Crippen molar-refractivity contribution in [3.05, 3.63) is 18.0 Å². The number of nitrogens with two attached hydrogens (primary N) is 1. The fourth-order valence-corrected chi connectivity index (χ4v) is 1.43. The van der Waals surface area contributed by atoms with Crippen molar-refractivity contribution in [1.29, 1.82) is 0 Å². The second kappa shape index (κ2) is 4.11. The minimum absolute atomic E-state index is 0.146. The van der Waals surface area contributed by atoms with Gasteiger partial charge in [-0.3, -0.25) is 4.68 Å². The van der Waals surface area contributed by atoms with Gasteiger partial charge in [-0.05, 0) is 11.5 Å². The summed E-state index contributed by atoms with van der Waals surface area (Å²) in [4.78, 5) is 0. The number of aryl methyl sites for hydroxylation is 1. The summed E-state index contributed by atoms with van der Waals surface area (Å²) in [5.41, 5.74) is 5.79. The van der Waals surface area contributed by atoms with Crippen molar-refractivity contribution < 1.29 is 5.11 Å². The molecular weight excluding hydrogens is 178 g/mol. The van der Waals surface area contributed by atoms with E-state index in [4.69, 9.17) is 5.73 Å². The van der Waals surface area contributed by atoms with Crippen LogP contribution in [0.4, 0.5) is 0 Å². The molecule has 1 heterocycles. The quantitative estimate of drug-likeness (QED) is 0.730. The summed E-state index contributed by atoms with van der Waals surface area (Å²) < 4.78 is 1.73. The molecule has 0 fully saturated rings. The third-order valence-electron chi connectivity index (χ3n) is 2.70. The van der Waals surface area contributed by atoms with Crippen LogP contribution in [-0.2, 0) is 13.5 Å². The summed E-state index contributed by atoms with van der Waals surface area (Å²) in [5.74, 6) is 0.146. The number of aromatic nitrogens is 2. The van der Waals surface area contributed by atoms with E-state index in [1.165, 1.54) is 0 Å². The molecule has 0 saturated carbocycles. The van der Waals surface area contributed by atoms with Crippen molar-refractivity contribution in [3.8, 4) is 0 Å². The first-order chi connectivity index (χ1) is 6.48. The molecule has 4 heteroatoms. The fraction of sp³-hybridized carbons (Fsp3) is 0.700. The van der Waals surface area contributed by atoms with Crippen molar-refractivity contribution in [2.75, 3.05) is 6.54 Å². The Bertz CT molecular complexity index is 295. The van der Waals surface area contributed by atoms with E-state index in [0.717, 1.165) is 5.56 Å². The summed E-state index contributed by atoms with van der Waals surface area (Å²) in [5, 5.41) is 14.3. The molecule has 0 aliphatic carbocycles. The molecule has 14 heavy (non-hydrogen) atoms. The Balaban J connectivity index is 2.75. The lowest BCUT2D eigenvalue weighted by Crippen LogP contribution is -2.44. The van der Waals surface area contributed by atoms with E-state index < -0.39 is 5.60 Å². The van der Waals surface area contributed by atoms with Crippen molar-refractivity contribution in [2.45, 2.75) is 25.9 Å². The molecular formula is C10H19N3O. The van der Waals surface area contributed by atoms with Crippen LogP contribution in [0.15, 0.2) is 12.4 Å². The first-order valence-corrected chi connectivity index (χ1v) is 4.88. The SMILES string of the molecule is CC(C)C(O)(CN)Cc1cnn(C)c1. The molecule has 1 unspecified atom stereocenters. The molecule has 4 nitrogen and oxygen atoms in total. The van der Waals surface area contributed by atoms with Crippen LogP contribution in [0.5, 0.6) is 0 Å². The van der Waals surface area contributed by atoms with Gasteiger partial charge in [0.25, 0.3) is 0 Å². The van der Waals surface area contributed by atoms with Crippen molar-refractivity contribution >= 4 is 0 Å². The predicted molar refractivity (Wildman–Crippen MR) is 55.8 cm³/mol. The Morgan fingerprint density at radius 2 is 2.29 bits per heavy atom. The Hall–Kier alpha value is -0.870. The van der Waals surface area contributed by atoms with Crippen LogP contribution < -0.4 is 5.73 Å². The van der Waals surface area contributed by atoms with E-state index >= 15 is 0 Å². The second-order valence-corrected chi connectivity index (χ2v) is 4.16. The predicted octanol–water partition coefficient (Wildman–Crippen LogP) is 0.308. The van der Waals surface area contributed by atoms with E-state index in [-0.39, 0.29) is 12.5 Å². The number of aliphatic hydroxyl groups is 1. The summed E-state index contributed by atoms with van der Waals surface area (Å²) in [6.45, 7) is 4.23. The smallest absolute Gasteiger partial charge is 0.0833 e. The average molecular weight is 197 g/mol. The molecule has 1 atom stereocenters. The maximum atomic E-state index is 10.2. The van der Waals surface area contributed by atoms with E-state index in [2.05, 4.69) is 5.10 Å². The van der Waals surface area contributed by atoms with Gasteiger partial charge in [0.05, 0.1) is 11.8 Å². The average Bonchev–Trinajstić information content (AvgIpc) is 2.50. The Morgan fingerprint density at radius 1 is 1.64 bits per heavy atom. The highest BCUT2D eigenvalue weighted by Crippen LogP contribution is 2.20. The zero-order valence-corrected chi connectivity index (χ0v) is 9.07. The summed E-state index contributed by atoms with van der Waals surface area (Å²) in [6.07, 6.45) is 4.24. The first-order valence-electron chi connectivity index (χ1n) is 4.88. The molecule has 0 aromatic carbocycles. The Labute approximate surface area is 84.7 Å². The molecule has 0 aliphatic heterocycles. The second-order valence-electron chi connectivity index (χ2n) is 4.16. The van der Waals surface area contributed by atoms with Gasteiger partial charge < -0.3 is 10.8 Å². The van der Waals surface area contributed by atoms with E-state index in [0.29, 0.717) is 6.42 Å². The van der Waals surface area contributed by atoms with Crippen LogP contribution in [-0.4, -0.2) is 27.0 Å². The van der Waals surface area contributed by atoms with Crippen LogP contribution >= 0.6 is 0 Å². The molecule has 80 valence electrons. The van der Waals surface area contributed by atoms with Gasteiger partial charge in [-0.2, -0.15) is 5.10 Å². The number of nitrogens with zero attached hydrogens (tertiary/aromatic N) is 2. The molecule has 1 aromatic heterocycles. The van der Waals surface area contributed by atoms with Crippen LogP contribution in [0.1, 0.15) is 19.4 Å². The summed E-state index contributed by atoms with van der Waals surface area (Å²) in [6, 6.07) is 0. The number of hydrogen-bond acceptors (Lipinski definition) is 3. The molecule has 0 amide bonds. The van der Waals surface area contributed by atoms with Gasteiger partial charge >= 0.3 is 0 Å². The Kier molecular flexibility index (Phi) is 3.29. The minimum Gasteiger partial charge on any atom is -0.388 e. The largest absolute Gasteiger partial charge is 0.388 e. The van der Waals surface area contributed by atoms with Gasteiger partial charge in [-0.25, -0.2) is 0 Å². The Morgan fingerprint density at radius 3 is 2.64 bits per heavy atom. The number of hydrogen-bond donors (Lipinski definition) is 2. The molecule has 1 aromatic rings. The highest BCUT2D eigenvalue weighted by molar-refractivity contribution is 5.09. The normalized spacial score (nSPS) is 15.9. The zero-order chi connectivity index (χ0) is 10.8. The van der Waals surface area contributed by atoms with Crippen molar-refractivity contribution in [3.63, 3.8) is 0 Å². The van der Waals surface area contributed by atoms with E-state index in [1.807, 2.05) is 27.1 Å². The fourth-order valence-electron chi connectivity index (χ4n) is 1.43. The van der Waals surface area contributed by atoms with E-state index in [9.17, 15) is 5.11 Å². The van der Waals surface area contributed by atoms with Crippen LogP contribution in [0.2, 0.25) is 0 Å². The molecule has 1 rings (SSSR count). The van der Waals surface area contributed by atoms with Crippen LogP contribution in [0.3, 0.4) is 0 Å². The third-order valence-corrected chi connectivity index (χ3v) is 2.70. The molecule has 0 aliphatic rings.